The normalized spacial score (nSPS) is 17.9. The predicted octanol–water partition coefficient (Wildman–Crippen LogP) is 4.50. The Hall–Kier alpha value is -3.05. The molecule has 0 bridgehead atoms. The van der Waals surface area contributed by atoms with Crippen molar-refractivity contribution in [3.8, 4) is 11.5 Å². The quantitative estimate of drug-likeness (QED) is 0.671. The number of rotatable bonds is 6. The van der Waals surface area contributed by atoms with Crippen LogP contribution in [0.4, 0.5) is 0 Å². The Morgan fingerprint density at radius 2 is 1.83 bits per heavy atom. The van der Waals surface area contributed by atoms with Gasteiger partial charge in [-0.3, -0.25) is 9.69 Å². The van der Waals surface area contributed by atoms with Crippen molar-refractivity contribution >= 4 is 16.7 Å². The van der Waals surface area contributed by atoms with Crippen LogP contribution in [0.2, 0.25) is 0 Å². The molecule has 4 rings (SSSR count). The lowest BCUT2D eigenvalue weighted by atomic mass is 9.91. The molecule has 1 aliphatic heterocycles. The van der Waals surface area contributed by atoms with Gasteiger partial charge < -0.3 is 14.6 Å². The first-order valence-corrected chi connectivity index (χ1v) is 9.82. The summed E-state index contributed by atoms with van der Waals surface area (Å²) in [5.74, 6) is 0.659. The number of hydrogen-bond donors (Lipinski definition) is 1. The van der Waals surface area contributed by atoms with Gasteiger partial charge in [0.1, 0.15) is 17.5 Å². The average Bonchev–Trinajstić information content (AvgIpc) is 3.24. The SMILES string of the molecule is COc1ccc(OC)c(C(c2cccc3ccccc23)N2CCCC2C(=O)O)c1. The molecule has 2 atom stereocenters. The van der Waals surface area contributed by atoms with Gasteiger partial charge >= 0.3 is 5.97 Å². The number of aliphatic carboxylic acids is 1. The second kappa shape index (κ2) is 8.13. The molecule has 1 N–H and O–H groups in total. The summed E-state index contributed by atoms with van der Waals surface area (Å²) in [7, 11) is 3.28. The van der Waals surface area contributed by atoms with Crippen LogP contribution in [-0.2, 0) is 4.79 Å². The summed E-state index contributed by atoms with van der Waals surface area (Å²) in [5.41, 5.74) is 1.99. The minimum Gasteiger partial charge on any atom is -0.497 e. The number of carboxylic acids is 1. The molecule has 150 valence electrons. The molecular formula is C24H25NO4. The standard InChI is InChI=1S/C24H25NO4/c1-28-17-12-13-22(29-2)20(15-17)23(25-14-6-11-21(25)24(26)27)19-10-5-8-16-7-3-4-9-18(16)19/h3-5,7-10,12-13,15,21,23H,6,11,14H2,1-2H3,(H,26,27). The highest BCUT2D eigenvalue weighted by Gasteiger charge is 2.38. The minimum absolute atomic E-state index is 0.255. The van der Waals surface area contributed by atoms with Crippen LogP contribution < -0.4 is 9.47 Å². The van der Waals surface area contributed by atoms with Crippen molar-refractivity contribution in [2.45, 2.75) is 24.9 Å². The Labute approximate surface area is 170 Å². The molecule has 0 spiro atoms. The van der Waals surface area contributed by atoms with E-state index in [1.54, 1.807) is 14.2 Å². The molecule has 0 aliphatic carbocycles. The first-order chi connectivity index (χ1) is 14.1. The molecular weight excluding hydrogens is 366 g/mol. The number of carboxylic acid groups (broad SMARTS) is 1. The van der Waals surface area contributed by atoms with Crippen molar-refractivity contribution in [1.82, 2.24) is 4.90 Å². The van der Waals surface area contributed by atoms with Gasteiger partial charge in [-0.15, -0.1) is 0 Å². The fourth-order valence-electron chi connectivity index (χ4n) is 4.43. The van der Waals surface area contributed by atoms with Gasteiger partial charge in [-0.2, -0.15) is 0 Å². The maximum absolute atomic E-state index is 12.0. The molecule has 5 nitrogen and oxygen atoms in total. The van der Waals surface area contributed by atoms with Crippen LogP contribution in [0.15, 0.2) is 60.7 Å². The Bertz CT molecular complexity index is 1030. The fraction of sp³-hybridized carbons (Fsp3) is 0.292. The smallest absolute Gasteiger partial charge is 0.320 e. The van der Waals surface area contributed by atoms with Crippen molar-refractivity contribution in [3.05, 3.63) is 71.8 Å². The molecule has 3 aromatic rings. The molecule has 0 saturated carbocycles. The predicted molar refractivity (Wildman–Crippen MR) is 113 cm³/mol. The summed E-state index contributed by atoms with van der Waals surface area (Å²) in [6, 6.07) is 19.3. The lowest BCUT2D eigenvalue weighted by Gasteiger charge is -2.33. The van der Waals surface area contributed by atoms with Crippen LogP contribution in [0.25, 0.3) is 10.8 Å². The van der Waals surface area contributed by atoms with E-state index in [-0.39, 0.29) is 6.04 Å². The highest BCUT2D eigenvalue weighted by atomic mass is 16.5. The summed E-state index contributed by atoms with van der Waals surface area (Å²) in [6.45, 7) is 0.714. The van der Waals surface area contributed by atoms with Gasteiger partial charge in [0.25, 0.3) is 0 Å². The molecule has 0 amide bonds. The summed E-state index contributed by atoms with van der Waals surface area (Å²) < 4.78 is 11.2. The molecule has 1 fully saturated rings. The first kappa shape index (κ1) is 19.3. The number of nitrogens with zero attached hydrogens (tertiary/aromatic N) is 1. The summed E-state index contributed by atoms with van der Waals surface area (Å²) in [4.78, 5) is 14.1. The Morgan fingerprint density at radius 3 is 2.59 bits per heavy atom. The summed E-state index contributed by atoms with van der Waals surface area (Å²) in [6.07, 6.45) is 1.49. The Morgan fingerprint density at radius 1 is 1.03 bits per heavy atom. The van der Waals surface area contributed by atoms with Crippen molar-refractivity contribution < 1.29 is 19.4 Å². The highest BCUT2D eigenvalue weighted by Crippen LogP contribution is 2.42. The molecule has 1 saturated heterocycles. The first-order valence-electron chi connectivity index (χ1n) is 9.82. The van der Waals surface area contributed by atoms with Crippen molar-refractivity contribution in [2.24, 2.45) is 0 Å². The van der Waals surface area contributed by atoms with E-state index in [4.69, 9.17) is 9.47 Å². The maximum atomic E-state index is 12.0. The molecule has 3 aromatic carbocycles. The van der Waals surface area contributed by atoms with Gasteiger partial charge in [0.15, 0.2) is 0 Å². The van der Waals surface area contributed by atoms with Crippen LogP contribution in [-0.4, -0.2) is 42.8 Å². The molecule has 1 heterocycles. The van der Waals surface area contributed by atoms with E-state index < -0.39 is 12.0 Å². The monoisotopic (exact) mass is 391 g/mol. The van der Waals surface area contributed by atoms with Crippen molar-refractivity contribution in [1.29, 1.82) is 0 Å². The van der Waals surface area contributed by atoms with Gasteiger partial charge in [0.05, 0.1) is 20.3 Å². The van der Waals surface area contributed by atoms with Crippen LogP contribution in [0.1, 0.15) is 30.0 Å². The Balaban J connectivity index is 1.97. The largest absolute Gasteiger partial charge is 0.497 e. The van der Waals surface area contributed by atoms with Crippen LogP contribution in [0.5, 0.6) is 11.5 Å². The van der Waals surface area contributed by atoms with Gasteiger partial charge in [0.2, 0.25) is 0 Å². The minimum atomic E-state index is -0.783. The molecule has 0 aromatic heterocycles. The van der Waals surface area contributed by atoms with Gasteiger partial charge in [-0.25, -0.2) is 0 Å². The molecule has 2 unspecified atom stereocenters. The topological polar surface area (TPSA) is 59.0 Å². The lowest BCUT2D eigenvalue weighted by molar-refractivity contribution is -0.142. The van der Waals surface area contributed by atoms with Gasteiger partial charge in [0, 0.05) is 12.1 Å². The number of methoxy groups -OCH3 is 2. The molecule has 1 aliphatic rings. The van der Waals surface area contributed by atoms with E-state index in [2.05, 4.69) is 29.2 Å². The zero-order valence-electron chi connectivity index (χ0n) is 16.7. The maximum Gasteiger partial charge on any atom is 0.320 e. The number of hydrogen-bond acceptors (Lipinski definition) is 4. The fourth-order valence-corrected chi connectivity index (χ4v) is 4.43. The lowest BCUT2D eigenvalue weighted by Crippen LogP contribution is -2.39. The third kappa shape index (κ3) is 3.54. The number of fused-ring (bicyclic) bond motifs is 1. The number of likely N-dealkylation sites (tertiary alicyclic amines) is 1. The zero-order chi connectivity index (χ0) is 20.4. The summed E-state index contributed by atoms with van der Waals surface area (Å²) >= 11 is 0. The molecule has 0 radical (unpaired) electrons. The van der Waals surface area contributed by atoms with Crippen molar-refractivity contribution in [3.63, 3.8) is 0 Å². The highest BCUT2D eigenvalue weighted by molar-refractivity contribution is 5.87. The van der Waals surface area contributed by atoms with E-state index in [0.717, 1.165) is 39.8 Å². The van der Waals surface area contributed by atoms with E-state index in [1.165, 1.54) is 0 Å². The van der Waals surface area contributed by atoms with Crippen LogP contribution in [0.3, 0.4) is 0 Å². The third-order valence-electron chi connectivity index (χ3n) is 5.76. The van der Waals surface area contributed by atoms with E-state index in [9.17, 15) is 9.90 Å². The molecule has 29 heavy (non-hydrogen) atoms. The van der Waals surface area contributed by atoms with E-state index in [1.807, 2.05) is 36.4 Å². The average molecular weight is 391 g/mol. The van der Waals surface area contributed by atoms with E-state index >= 15 is 0 Å². The van der Waals surface area contributed by atoms with Crippen LogP contribution >= 0.6 is 0 Å². The second-order valence-electron chi connectivity index (χ2n) is 7.31. The van der Waals surface area contributed by atoms with E-state index in [0.29, 0.717) is 13.0 Å². The van der Waals surface area contributed by atoms with Crippen molar-refractivity contribution in [2.75, 3.05) is 20.8 Å². The third-order valence-corrected chi connectivity index (χ3v) is 5.76. The number of carbonyl (C=O) groups is 1. The van der Waals surface area contributed by atoms with Crippen LogP contribution in [0, 0.1) is 0 Å². The zero-order valence-corrected chi connectivity index (χ0v) is 16.7. The second-order valence-corrected chi connectivity index (χ2v) is 7.31. The number of benzene rings is 3. The Kier molecular flexibility index (Phi) is 5.41. The number of ether oxygens (including phenoxy) is 2. The van der Waals surface area contributed by atoms with Gasteiger partial charge in [-0.1, -0.05) is 42.5 Å². The molecule has 5 heteroatoms. The van der Waals surface area contributed by atoms with Gasteiger partial charge in [-0.05, 0) is 47.4 Å². The summed E-state index contributed by atoms with van der Waals surface area (Å²) in [5, 5.41) is 12.1.